The first kappa shape index (κ1) is 14.0. The Labute approximate surface area is 105 Å². The van der Waals surface area contributed by atoms with Crippen molar-refractivity contribution in [3.8, 4) is 0 Å². The van der Waals surface area contributed by atoms with Gasteiger partial charge in [0.25, 0.3) is 0 Å². The highest BCUT2D eigenvalue weighted by atomic mass is 35.5. The van der Waals surface area contributed by atoms with Crippen molar-refractivity contribution >= 4 is 17.5 Å². The SMILES string of the molecule is Cc1noc(Cl)c1CC(=O)N(C)CC(C)(C)O. The van der Waals surface area contributed by atoms with Crippen LogP contribution in [0.1, 0.15) is 25.1 Å². The van der Waals surface area contributed by atoms with E-state index in [-0.39, 0.29) is 24.1 Å². The first-order chi connectivity index (χ1) is 7.70. The molecule has 0 bridgehead atoms. The standard InChI is InChI=1S/C11H17ClN2O3/c1-7-8(10(12)17-13-7)5-9(15)14(4)6-11(2,3)16/h16H,5-6H2,1-4H3. The summed E-state index contributed by atoms with van der Waals surface area (Å²) < 4.78 is 4.77. The minimum absolute atomic E-state index is 0.126. The lowest BCUT2D eigenvalue weighted by Crippen LogP contribution is -2.40. The van der Waals surface area contributed by atoms with Crippen molar-refractivity contribution < 1.29 is 14.4 Å². The van der Waals surface area contributed by atoms with E-state index in [1.807, 2.05) is 0 Å². The summed E-state index contributed by atoms with van der Waals surface area (Å²) >= 11 is 5.78. The largest absolute Gasteiger partial charge is 0.389 e. The molecule has 17 heavy (non-hydrogen) atoms. The maximum absolute atomic E-state index is 11.9. The second kappa shape index (κ2) is 5.06. The lowest BCUT2D eigenvalue weighted by molar-refractivity contribution is -0.131. The van der Waals surface area contributed by atoms with Gasteiger partial charge in [0.05, 0.1) is 17.7 Å². The van der Waals surface area contributed by atoms with Gasteiger partial charge in [-0.1, -0.05) is 5.16 Å². The van der Waals surface area contributed by atoms with E-state index in [1.165, 1.54) is 4.90 Å². The fourth-order valence-electron chi connectivity index (χ4n) is 1.51. The van der Waals surface area contributed by atoms with Crippen molar-refractivity contribution in [2.24, 2.45) is 0 Å². The highest BCUT2D eigenvalue weighted by molar-refractivity contribution is 6.29. The van der Waals surface area contributed by atoms with Crippen LogP contribution >= 0.6 is 11.6 Å². The van der Waals surface area contributed by atoms with Crippen LogP contribution in [0.25, 0.3) is 0 Å². The molecule has 1 amide bonds. The van der Waals surface area contributed by atoms with Crippen LogP contribution in [0.5, 0.6) is 0 Å². The molecule has 0 unspecified atom stereocenters. The Morgan fingerprint density at radius 3 is 2.59 bits per heavy atom. The summed E-state index contributed by atoms with van der Waals surface area (Å²) in [5.74, 6) is -0.139. The molecule has 1 aromatic rings. The molecule has 0 radical (unpaired) electrons. The minimum Gasteiger partial charge on any atom is -0.389 e. The number of carbonyl (C=O) groups excluding carboxylic acids is 1. The van der Waals surface area contributed by atoms with Gasteiger partial charge in [0.1, 0.15) is 0 Å². The lowest BCUT2D eigenvalue weighted by Gasteiger charge is -2.25. The molecule has 0 aliphatic carbocycles. The monoisotopic (exact) mass is 260 g/mol. The number of amides is 1. The van der Waals surface area contributed by atoms with Crippen molar-refractivity contribution in [1.82, 2.24) is 10.1 Å². The summed E-state index contributed by atoms with van der Waals surface area (Å²) in [6.45, 7) is 5.28. The number of hydrogen-bond donors (Lipinski definition) is 1. The zero-order valence-corrected chi connectivity index (χ0v) is 11.2. The number of aliphatic hydroxyl groups is 1. The topological polar surface area (TPSA) is 66.6 Å². The Morgan fingerprint density at radius 2 is 2.18 bits per heavy atom. The second-order valence-corrected chi connectivity index (χ2v) is 5.10. The van der Waals surface area contributed by atoms with Crippen LogP contribution in [0.3, 0.4) is 0 Å². The molecule has 0 aromatic carbocycles. The number of likely N-dealkylation sites (N-methyl/N-ethyl adjacent to an activating group) is 1. The highest BCUT2D eigenvalue weighted by Gasteiger charge is 2.22. The Hall–Kier alpha value is -1.07. The Bertz CT molecular complexity index is 390. The van der Waals surface area contributed by atoms with E-state index in [9.17, 15) is 9.90 Å². The molecule has 0 fully saturated rings. The minimum atomic E-state index is -0.919. The molecule has 1 aromatic heterocycles. The number of hydrogen-bond acceptors (Lipinski definition) is 4. The summed E-state index contributed by atoms with van der Waals surface area (Å²) in [4.78, 5) is 13.3. The quantitative estimate of drug-likeness (QED) is 0.889. The summed E-state index contributed by atoms with van der Waals surface area (Å²) in [5, 5.41) is 13.4. The maximum Gasteiger partial charge on any atom is 0.229 e. The number of aryl methyl sites for hydroxylation is 1. The zero-order chi connectivity index (χ0) is 13.2. The zero-order valence-electron chi connectivity index (χ0n) is 10.5. The van der Waals surface area contributed by atoms with Crippen molar-refractivity contribution in [3.05, 3.63) is 16.5 Å². The molecule has 0 aliphatic rings. The van der Waals surface area contributed by atoms with Gasteiger partial charge in [0.15, 0.2) is 0 Å². The van der Waals surface area contributed by atoms with E-state index < -0.39 is 5.60 Å². The van der Waals surface area contributed by atoms with Gasteiger partial charge < -0.3 is 14.5 Å². The van der Waals surface area contributed by atoms with Crippen LogP contribution in [0.4, 0.5) is 0 Å². The van der Waals surface area contributed by atoms with Gasteiger partial charge >= 0.3 is 0 Å². The molecule has 0 aliphatic heterocycles. The lowest BCUT2D eigenvalue weighted by atomic mass is 10.1. The van der Waals surface area contributed by atoms with E-state index >= 15 is 0 Å². The number of nitrogens with zero attached hydrogens (tertiary/aromatic N) is 2. The summed E-state index contributed by atoms with van der Waals surface area (Å²) in [7, 11) is 1.64. The third kappa shape index (κ3) is 4.02. The predicted molar refractivity (Wildman–Crippen MR) is 63.9 cm³/mol. The molecule has 0 spiro atoms. The average molecular weight is 261 g/mol. The summed E-state index contributed by atoms with van der Waals surface area (Å²) in [6.07, 6.45) is 0.126. The first-order valence-corrected chi connectivity index (χ1v) is 5.65. The van der Waals surface area contributed by atoms with Crippen molar-refractivity contribution in [1.29, 1.82) is 0 Å². The second-order valence-electron chi connectivity index (χ2n) is 4.76. The predicted octanol–water partition coefficient (Wildman–Crippen LogP) is 1.41. The van der Waals surface area contributed by atoms with Crippen molar-refractivity contribution in [2.75, 3.05) is 13.6 Å². The normalized spacial score (nSPS) is 11.6. The van der Waals surface area contributed by atoms with E-state index in [0.717, 1.165) is 0 Å². The van der Waals surface area contributed by atoms with Crippen LogP contribution in [-0.2, 0) is 11.2 Å². The highest BCUT2D eigenvalue weighted by Crippen LogP contribution is 2.20. The van der Waals surface area contributed by atoms with Crippen LogP contribution in [0.15, 0.2) is 4.52 Å². The Kier molecular flexibility index (Phi) is 4.16. The molecule has 1 heterocycles. The molecular weight excluding hydrogens is 244 g/mol. The number of aromatic nitrogens is 1. The molecule has 5 nitrogen and oxygen atoms in total. The van der Waals surface area contributed by atoms with Gasteiger partial charge in [-0.05, 0) is 32.4 Å². The van der Waals surface area contributed by atoms with Gasteiger partial charge in [-0.25, -0.2) is 0 Å². The van der Waals surface area contributed by atoms with Crippen LogP contribution in [0, 0.1) is 6.92 Å². The van der Waals surface area contributed by atoms with Crippen LogP contribution in [-0.4, -0.2) is 40.3 Å². The van der Waals surface area contributed by atoms with Crippen LogP contribution in [0.2, 0.25) is 5.22 Å². The van der Waals surface area contributed by atoms with E-state index in [0.29, 0.717) is 11.3 Å². The smallest absolute Gasteiger partial charge is 0.229 e. The average Bonchev–Trinajstić information content (AvgIpc) is 2.46. The molecule has 6 heteroatoms. The van der Waals surface area contributed by atoms with Gasteiger partial charge in [0.2, 0.25) is 11.1 Å². The number of halogens is 1. The summed E-state index contributed by atoms with van der Waals surface area (Å²) in [6, 6.07) is 0. The molecule has 96 valence electrons. The number of rotatable bonds is 4. The first-order valence-electron chi connectivity index (χ1n) is 5.27. The molecule has 1 rings (SSSR count). The Balaban J connectivity index is 2.67. The summed E-state index contributed by atoms with van der Waals surface area (Å²) in [5.41, 5.74) is 0.289. The van der Waals surface area contributed by atoms with Gasteiger partial charge in [-0.15, -0.1) is 0 Å². The van der Waals surface area contributed by atoms with Crippen molar-refractivity contribution in [3.63, 3.8) is 0 Å². The van der Waals surface area contributed by atoms with E-state index in [2.05, 4.69) is 5.16 Å². The third-order valence-corrected chi connectivity index (χ3v) is 2.61. The van der Waals surface area contributed by atoms with Crippen LogP contribution < -0.4 is 0 Å². The third-order valence-electron chi connectivity index (χ3n) is 2.31. The molecular formula is C11H17ClN2O3. The Morgan fingerprint density at radius 1 is 1.59 bits per heavy atom. The van der Waals surface area contributed by atoms with E-state index in [4.69, 9.17) is 16.1 Å². The molecule has 1 N–H and O–H groups in total. The maximum atomic E-state index is 11.9. The van der Waals surface area contributed by atoms with Gasteiger partial charge in [-0.3, -0.25) is 4.79 Å². The fourth-order valence-corrected chi connectivity index (χ4v) is 1.75. The van der Waals surface area contributed by atoms with E-state index in [1.54, 1.807) is 27.8 Å². The molecule has 0 saturated heterocycles. The fraction of sp³-hybridized carbons (Fsp3) is 0.636. The molecule has 0 saturated carbocycles. The number of carbonyl (C=O) groups is 1. The van der Waals surface area contributed by atoms with Gasteiger partial charge in [-0.2, -0.15) is 0 Å². The van der Waals surface area contributed by atoms with Crippen molar-refractivity contribution in [2.45, 2.75) is 32.8 Å². The van der Waals surface area contributed by atoms with Gasteiger partial charge in [0, 0.05) is 19.2 Å². The molecule has 0 atom stereocenters.